The van der Waals surface area contributed by atoms with Crippen LogP contribution in [0.1, 0.15) is 29.8 Å². The summed E-state index contributed by atoms with van der Waals surface area (Å²) in [4.78, 5) is 12.1. The molecule has 0 saturated carbocycles. The van der Waals surface area contributed by atoms with Gasteiger partial charge in [-0.3, -0.25) is 4.79 Å². The molecule has 1 amide bonds. The second-order valence-corrected chi connectivity index (χ2v) is 6.40. The standard InChI is InChI=1S/C17H17Cl2NO/c1-17(2,14-9-8-13(18)10-15(14)19)11-20-16(21)12-6-4-3-5-7-12/h3-10H,11H2,1-2H3,(H,20,21). The Balaban J connectivity index is 2.09. The second-order valence-electron chi connectivity index (χ2n) is 5.56. The lowest BCUT2D eigenvalue weighted by atomic mass is 9.84. The van der Waals surface area contributed by atoms with E-state index in [1.165, 1.54) is 0 Å². The SMILES string of the molecule is CC(C)(CNC(=O)c1ccccc1)c1ccc(Cl)cc1Cl. The molecule has 0 radical (unpaired) electrons. The third kappa shape index (κ3) is 3.99. The second kappa shape index (κ2) is 6.50. The molecule has 110 valence electrons. The normalized spacial score (nSPS) is 11.2. The Hall–Kier alpha value is -1.51. The number of halogens is 2. The Morgan fingerprint density at radius 2 is 1.76 bits per heavy atom. The molecule has 2 rings (SSSR count). The highest BCUT2D eigenvalue weighted by Crippen LogP contribution is 2.31. The lowest BCUT2D eigenvalue weighted by Crippen LogP contribution is -2.36. The van der Waals surface area contributed by atoms with Crippen molar-refractivity contribution in [1.82, 2.24) is 5.32 Å². The van der Waals surface area contributed by atoms with Crippen LogP contribution in [0.25, 0.3) is 0 Å². The third-order valence-corrected chi connectivity index (χ3v) is 3.93. The summed E-state index contributed by atoms with van der Waals surface area (Å²) >= 11 is 12.2. The maximum Gasteiger partial charge on any atom is 0.251 e. The molecule has 0 aliphatic carbocycles. The largest absolute Gasteiger partial charge is 0.351 e. The molecule has 0 spiro atoms. The topological polar surface area (TPSA) is 29.1 Å². The number of benzene rings is 2. The monoisotopic (exact) mass is 321 g/mol. The first-order valence-corrected chi connectivity index (χ1v) is 7.44. The van der Waals surface area contributed by atoms with E-state index in [1.807, 2.05) is 44.2 Å². The van der Waals surface area contributed by atoms with Crippen LogP contribution in [0.2, 0.25) is 10.0 Å². The first kappa shape index (κ1) is 15.9. The fourth-order valence-corrected chi connectivity index (χ4v) is 2.79. The third-order valence-electron chi connectivity index (χ3n) is 3.39. The summed E-state index contributed by atoms with van der Waals surface area (Å²) in [6, 6.07) is 14.6. The van der Waals surface area contributed by atoms with Gasteiger partial charge in [-0.2, -0.15) is 0 Å². The van der Waals surface area contributed by atoms with E-state index in [4.69, 9.17) is 23.2 Å². The Bertz CT molecular complexity index is 638. The maximum atomic E-state index is 12.1. The summed E-state index contributed by atoms with van der Waals surface area (Å²) in [7, 11) is 0. The highest BCUT2D eigenvalue weighted by Gasteiger charge is 2.24. The van der Waals surface area contributed by atoms with Crippen molar-refractivity contribution in [3.05, 3.63) is 69.7 Å². The lowest BCUT2D eigenvalue weighted by Gasteiger charge is -2.27. The van der Waals surface area contributed by atoms with Gasteiger partial charge in [0.2, 0.25) is 0 Å². The summed E-state index contributed by atoms with van der Waals surface area (Å²) < 4.78 is 0. The zero-order valence-corrected chi connectivity index (χ0v) is 13.5. The van der Waals surface area contributed by atoms with Gasteiger partial charge in [0.05, 0.1) is 0 Å². The van der Waals surface area contributed by atoms with Crippen LogP contribution in [0, 0.1) is 0 Å². The quantitative estimate of drug-likeness (QED) is 0.868. The van der Waals surface area contributed by atoms with Crippen LogP contribution >= 0.6 is 23.2 Å². The van der Waals surface area contributed by atoms with E-state index < -0.39 is 0 Å². The highest BCUT2D eigenvalue weighted by atomic mass is 35.5. The molecule has 0 aromatic heterocycles. The van der Waals surface area contributed by atoms with E-state index in [2.05, 4.69) is 5.32 Å². The Morgan fingerprint density at radius 1 is 1.10 bits per heavy atom. The van der Waals surface area contributed by atoms with Crippen molar-refractivity contribution in [1.29, 1.82) is 0 Å². The average molecular weight is 322 g/mol. The predicted octanol–water partition coefficient (Wildman–Crippen LogP) is 4.70. The molecule has 2 aromatic carbocycles. The molecule has 0 atom stereocenters. The van der Waals surface area contributed by atoms with Gasteiger partial charge in [0.15, 0.2) is 0 Å². The van der Waals surface area contributed by atoms with Crippen LogP contribution in [0.3, 0.4) is 0 Å². The summed E-state index contributed by atoms with van der Waals surface area (Å²) in [6.45, 7) is 4.56. The molecule has 4 heteroatoms. The summed E-state index contributed by atoms with van der Waals surface area (Å²) in [5.74, 6) is -0.0891. The van der Waals surface area contributed by atoms with Crippen molar-refractivity contribution in [3.8, 4) is 0 Å². The molecule has 0 unspecified atom stereocenters. The minimum absolute atomic E-state index is 0.0891. The number of nitrogens with one attached hydrogen (secondary N) is 1. The van der Waals surface area contributed by atoms with Crippen LogP contribution in [-0.2, 0) is 5.41 Å². The van der Waals surface area contributed by atoms with Crippen molar-refractivity contribution in [2.24, 2.45) is 0 Å². The minimum Gasteiger partial charge on any atom is -0.351 e. The Morgan fingerprint density at radius 3 is 2.38 bits per heavy atom. The first-order chi connectivity index (χ1) is 9.90. The Kier molecular flexibility index (Phi) is 4.92. The predicted molar refractivity (Wildman–Crippen MR) is 88.3 cm³/mol. The molecule has 2 nitrogen and oxygen atoms in total. The van der Waals surface area contributed by atoms with Gasteiger partial charge in [0, 0.05) is 27.6 Å². The molecule has 2 aromatic rings. The number of hydrogen-bond donors (Lipinski definition) is 1. The first-order valence-electron chi connectivity index (χ1n) is 6.69. The van der Waals surface area contributed by atoms with Crippen molar-refractivity contribution in [3.63, 3.8) is 0 Å². The van der Waals surface area contributed by atoms with Crippen molar-refractivity contribution < 1.29 is 4.79 Å². The van der Waals surface area contributed by atoms with Crippen LogP contribution in [-0.4, -0.2) is 12.5 Å². The lowest BCUT2D eigenvalue weighted by molar-refractivity contribution is 0.0945. The minimum atomic E-state index is -0.286. The van der Waals surface area contributed by atoms with Crippen LogP contribution in [0.15, 0.2) is 48.5 Å². The number of carbonyl (C=O) groups excluding carboxylic acids is 1. The van der Waals surface area contributed by atoms with E-state index in [1.54, 1.807) is 18.2 Å². The maximum absolute atomic E-state index is 12.1. The molecule has 0 saturated heterocycles. The number of carbonyl (C=O) groups is 1. The van der Waals surface area contributed by atoms with E-state index in [0.29, 0.717) is 22.2 Å². The molecular weight excluding hydrogens is 305 g/mol. The Labute approximate surface area is 135 Å². The molecule has 0 bridgehead atoms. The number of hydrogen-bond acceptors (Lipinski definition) is 1. The van der Waals surface area contributed by atoms with Gasteiger partial charge < -0.3 is 5.32 Å². The summed E-state index contributed by atoms with van der Waals surface area (Å²) in [6.07, 6.45) is 0. The molecule has 0 fully saturated rings. The fraction of sp³-hybridized carbons (Fsp3) is 0.235. The van der Waals surface area contributed by atoms with E-state index in [-0.39, 0.29) is 11.3 Å². The molecule has 0 heterocycles. The highest BCUT2D eigenvalue weighted by molar-refractivity contribution is 6.35. The van der Waals surface area contributed by atoms with Gasteiger partial charge in [0.1, 0.15) is 0 Å². The van der Waals surface area contributed by atoms with Crippen LogP contribution in [0.5, 0.6) is 0 Å². The molecule has 0 aliphatic heterocycles. The van der Waals surface area contributed by atoms with Crippen molar-refractivity contribution in [2.45, 2.75) is 19.3 Å². The molecule has 21 heavy (non-hydrogen) atoms. The van der Waals surface area contributed by atoms with Crippen molar-refractivity contribution >= 4 is 29.1 Å². The smallest absolute Gasteiger partial charge is 0.251 e. The molecule has 0 aliphatic rings. The zero-order chi connectivity index (χ0) is 15.5. The van der Waals surface area contributed by atoms with Crippen molar-refractivity contribution in [2.75, 3.05) is 6.54 Å². The van der Waals surface area contributed by atoms with Gasteiger partial charge in [-0.15, -0.1) is 0 Å². The van der Waals surface area contributed by atoms with E-state index >= 15 is 0 Å². The van der Waals surface area contributed by atoms with Gasteiger partial charge in [-0.05, 0) is 29.8 Å². The average Bonchev–Trinajstić information content (AvgIpc) is 2.45. The molecular formula is C17H17Cl2NO. The van der Waals surface area contributed by atoms with Gasteiger partial charge >= 0.3 is 0 Å². The summed E-state index contributed by atoms with van der Waals surface area (Å²) in [5, 5.41) is 4.17. The number of amides is 1. The van der Waals surface area contributed by atoms with E-state index in [0.717, 1.165) is 5.56 Å². The van der Waals surface area contributed by atoms with E-state index in [9.17, 15) is 4.79 Å². The summed E-state index contributed by atoms with van der Waals surface area (Å²) in [5.41, 5.74) is 1.32. The molecule has 1 N–H and O–H groups in total. The van der Waals surface area contributed by atoms with Gasteiger partial charge in [0.25, 0.3) is 5.91 Å². The van der Waals surface area contributed by atoms with Gasteiger partial charge in [-0.25, -0.2) is 0 Å². The van der Waals surface area contributed by atoms with Crippen LogP contribution in [0.4, 0.5) is 0 Å². The van der Waals surface area contributed by atoms with Gasteiger partial charge in [-0.1, -0.05) is 61.3 Å². The number of rotatable bonds is 4. The van der Waals surface area contributed by atoms with Crippen LogP contribution < -0.4 is 5.32 Å². The zero-order valence-electron chi connectivity index (χ0n) is 12.0. The fourth-order valence-electron chi connectivity index (χ4n) is 2.13.